The maximum Gasteiger partial charge on any atom is 0.168 e. The molecule has 8 heteroatoms. The maximum absolute atomic E-state index is 13.2. The average molecular weight is 391 g/mol. The van der Waals surface area contributed by atoms with E-state index in [1.165, 1.54) is 18.5 Å². The van der Waals surface area contributed by atoms with E-state index in [-0.39, 0.29) is 5.82 Å². The van der Waals surface area contributed by atoms with Crippen molar-refractivity contribution >= 4 is 16.9 Å². The van der Waals surface area contributed by atoms with Crippen LogP contribution in [0.15, 0.2) is 55.0 Å². The SMILES string of the molecule is Fc1ccc(-n2ncc3c(NCCc4ccc5c(c4)OCCO5)ncnc32)cc1. The van der Waals surface area contributed by atoms with Gasteiger partial charge in [0.05, 0.1) is 17.3 Å². The molecule has 7 nitrogen and oxygen atoms in total. The third-order valence-electron chi connectivity index (χ3n) is 4.75. The Labute approximate surface area is 166 Å². The lowest BCUT2D eigenvalue weighted by Crippen LogP contribution is -2.15. The van der Waals surface area contributed by atoms with Gasteiger partial charge in [-0.1, -0.05) is 6.07 Å². The monoisotopic (exact) mass is 391 g/mol. The van der Waals surface area contributed by atoms with Crippen LogP contribution in [0, 0.1) is 5.82 Å². The Hall–Kier alpha value is -3.68. The predicted octanol–water partition coefficient (Wildman–Crippen LogP) is 3.38. The van der Waals surface area contributed by atoms with Gasteiger partial charge in [0.15, 0.2) is 17.1 Å². The third-order valence-corrected chi connectivity index (χ3v) is 4.75. The number of rotatable bonds is 5. The summed E-state index contributed by atoms with van der Waals surface area (Å²) in [6, 6.07) is 12.1. The van der Waals surface area contributed by atoms with Crippen molar-refractivity contribution in [1.29, 1.82) is 0 Å². The van der Waals surface area contributed by atoms with Crippen LogP contribution in [0.1, 0.15) is 5.56 Å². The van der Waals surface area contributed by atoms with Crippen LogP contribution in [0.2, 0.25) is 0 Å². The number of nitrogens with one attached hydrogen (secondary N) is 1. The number of benzene rings is 2. The Morgan fingerprint density at radius 1 is 1.00 bits per heavy atom. The first-order chi connectivity index (χ1) is 14.3. The Kier molecular flexibility index (Phi) is 4.44. The lowest BCUT2D eigenvalue weighted by molar-refractivity contribution is 0.171. The summed E-state index contributed by atoms with van der Waals surface area (Å²) in [7, 11) is 0. The van der Waals surface area contributed by atoms with Crippen molar-refractivity contribution in [2.75, 3.05) is 25.1 Å². The highest BCUT2D eigenvalue weighted by molar-refractivity contribution is 5.87. The molecule has 0 saturated heterocycles. The standard InChI is InChI=1S/C21H18FN5O2/c22-15-2-4-16(5-3-15)27-21-17(12-26-27)20(24-13-25-21)23-8-7-14-1-6-18-19(11-14)29-10-9-28-18/h1-6,11-13H,7-10H2,(H,23,24,25). The Balaban J connectivity index is 1.33. The molecule has 0 spiro atoms. The van der Waals surface area contributed by atoms with E-state index in [0.29, 0.717) is 31.2 Å². The maximum atomic E-state index is 13.2. The molecule has 1 aliphatic rings. The van der Waals surface area contributed by atoms with Crippen LogP contribution < -0.4 is 14.8 Å². The average Bonchev–Trinajstić information content (AvgIpc) is 3.19. The summed E-state index contributed by atoms with van der Waals surface area (Å²) in [5.41, 5.74) is 2.55. The summed E-state index contributed by atoms with van der Waals surface area (Å²) in [6.45, 7) is 1.85. The predicted molar refractivity (Wildman–Crippen MR) is 106 cm³/mol. The zero-order chi connectivity index (χ0) is 19.6. The Morgan fingerprint density at radius 2 is 1.83 bits per heavy atom. The Morgan fingerprint density at radius 3 is 2.69 bits per heavy atom. The van der Waals surface area contributed by atoms with Gasteiger partial charge in [-0.25, -0.2) is 19.0 Å². The van der Waals surface area contributed by atoms with Crippen LogP contribution in [0.25, 0.3) is 16.7 Å². The highest BCUT2D eigenvalue weighted by Gasteiger charge is 2.13. The molecule has 4 aromatic rings. The van der Waals surface area contributed by atoms with Crippen molar-refractivity contribution in [2.45, 2.75) is 6.42 Å². The molecule has 3 heterocycles. The number of nitrogens with zero attached hydrogens (tertiary/aromatic N) is 4. The molecule has 0 atom stereocenters. The van der Waals surface area contributed by atoms with Gasteiger partial charge >= 0.3 is 0 Å². The molecule has 2 aromatic carbocycles. The normalized spacial score (nSPS) is 12.9. The van der Waals surface area contributed by atoms with E-state index in [9.17, 15) is 4.39 Å². The van der Waals surface area contributed by atoms with Gasteiger partial charge in [-0.3, -0.25) is 0 Å². The molecule has 0 fully saturated rings. The van der Waals surface area contributed by atoms with Crippen LogP contribution in [0.4, 0.5) is 10.2 Å². The molecule has 146 valence electrons. The number of anilines is 1. The van der Waals surface area contributed by atoms with Crippen molar-refractivity contribution in [2.24, 2.45) is 0 Å². The zero-order valence-electron chi connectivity index (χ0n) is 15.5. The molecule has 5 rings (SSSR count). The molecule has 0 radical (unpaired) electrons. The second kappa shape index (κ2) is 7.38. The van der Waals surface area contributed by atoms with Gasteiger partial charge in [-0.15, -0.1) is 0 Å². The molecule has 0 bridgehead atoms. The molecule has 2 aromatic heterocycles. The first-order valence-electron chi connectivity index (χ1n) is 9.35. The zero-order valence-corrected chi connectivity index (χ0v) is 15.5. The van der Waals surface area contributed by atoms with E-state index in [4.69, 9.17) is 9.47 Å². The van der Waals surface area contributed by atoms with E-state index < -0.39 is 0 Å². The second-order valence-electron chi connectivity index (χ2n) is 6.65. The second-order valence-corrected chi connectivity index (χ2v) is 6.65. The van der Waals surface area contributed by atoms with Crippen LogP contribution >= 0.6 is 0 Å². The van der Waals surface area contributed by atoms with Gasteiger partial charge in [-0.2, -0.15) is 5.10 Å². The first kappa shape index (κ1) is 17.4. The summed E-state index contributed by atoms with van der Waals surface area (Å²) in [6.07, 6.45) is 4.01. The lowest BCUT2D eigenvalue weighted by Gasteiger charge is -2.18. The minimum absolute atomic E-state index is 0.290. The molecular formula is C21H18FN5O2. The quantitative estimate of drug-likeness (QED) is 0.562. The van der Waals surface area contributed by atoms with E-state index in [1.54, 1.807) is 23.0 Å². The summed E-state index contributed by atoms with van der Waals surface area (Å²) in [4.78, 5) is 8.69. The molecule has 0 aliphatic carbocycles. The highest BCUT2D eigenvalue weighted by Crippen LogP contribution is 2.31. The molecule has 0 unspecified atom stereocenters. The number of hydrogen-bond acceptors (Lipinski definition) is 6. The molecule has 0 saturated carbocycles. The summed E-state index contributed by atoms with van der Waals surface area (Å²) in [5.74, 6) is 2.00. The fourth-order valence-corrected chi connectivity index (χ4v) is 3.32. The van der Waals surface area contributed by atoms with E-state index in [2.05, 4.69) is 20.4 Å². The molecule has 1 N–H and O–H groups in total. The summed E-state index contributed by atoms with van der Waals surface area (Å²) < 4.78 is 26.1. The first-order valence-corrected chi connectivity index (χ1v) is 9.35. The smallest absolute Gasteiger partial charge is 0.168 e. The molecule has 29 heavy (non-hydrogen) atoms. The van der Waals surface area contributed by atoms with Gasteiger partial charge in [0.1, 0.15) is 31.2 Å². The van der Waals surface area contributed by atoms with Gasteiger partial charge in [0.2, 0.25) is 0 Å². The van der Waals surface area contributed by atoms with Crippen molar-refractivity contribution in [1.82, 2.24) is 19.7 Å². The lowest BCUT2D eigenvalue weighted by atomic mass is 10.1. The van der Waals surface area contributed by atoms with Crippen LogP contribution in [0.5, 0.6) is 11.5 Å². The number of halogens is 1. The van der Waals surface area contributed by atoms with Crippen molar-refractivity contribution in [3.8, 4) is 17.2 Å². The summed E-state index contributed by atoms with van der Waals surface area (Å²) >= 11 is 0. The van der Waals surface area contributed by atoms with Crippen molar-refractivity contribution in [3.63, 3.8) is 0 Å². The molecule has 0 amide bonds. The fourth-order valence-electron chi connectivity index (χ4n) is 3.32. The van der Waals surface area contributed by atoms with Crippen molar-refractivity contribution < 1.29 is 13.9 Å². The van der Waals surface area contributed by atoms with E-state index in [0.717, 1.165) is 34.6 Å². The minimum Gasteiger partial charge on any atom is -0.486 e. The molecular weight excluding hydrogens is 373 g/mol. The van der Waals surface area contributed by atoms with Gasteiger partial charge in [0, 0.05) is 6.54 Å². The number of aromatic nitrogens is 4. The van der Waals surface area contributed by atoms with Crippen LogP contribution in [0.3, 0.4) is 0 Å². The fraction of sp³-hybridized carbons (Fsp3) is 0.190. The Bertz CT molecular complexity index is 1160. The van der Waals surface area contributed by atoms with E-state index >= 15 is 0 Å². The number of ether oxygens (including phenoxy) is 2. The largest absolute Gasteiger partial charge is 0.486 e. The van der Waals surface area contributed by atoms with Gasteiger partial charge in [0.25, 0.3) is 0 Å². The minimum atomic E-state index is -0.290. The number of fused-ring (bicyclic) bond motifs is 2. The molecule has 1 aliphatic heterocycles. The van der Waals surface area contributed by atoms with Crippen LogP contribution in [-0.2, 0) is 6.42 Å². The van der Waals surface area contributed by atoms with Gasteiger partial charge < -0.3 is 14.8 Å². The highest BCUT2D eigenvalue weighted by atomic mass is 19.1. The van der Waals surface area contributed by atoms with E-state index in [1.807, 2.05) is 18.2 Å². The van der Waals surface area contributed by atoms with Crippen molar-refractivity contribution in [3.05, 3.63) is 66.4 Å². The topological polar surface area (TPSA) is 74.1 Å². The van der Waals surface area contributed by atoms with Gasteiger partial charge in [-0.05, 0) is 48.4 Å². The summed E-state index contributed by atoms with van der Waals surface area (Å²) in [5, 5.41) is 8.55. The third kappa shape index (κ3) is 3.44. The van der Waals surface area contributed by atoms with Crippen LogP contribution in [-0.4, -0.2) is 39.5 Å². The number of hydrogen-bond donors (Lipinski definition) is 1.